The van der Waals surface area contributed by atoms with E-state index in [1.165, 1.54) is 22.7 Å². The van der Waals surface area contributed by atoms with Crippen LogP contribution in [-0.4, -0.2) is 81.2 Å². The predicted octanol–water partition coefficient (Wildman–Crippen LogP) is -1.45. The van der Waals surface area contributed by atoms with Gasteiger partial charge in [0.1, 0.15) is 0 Å². The first-order valence-corrected chi connectivity index (χ1v) is 7.45. The van der Waals surface area contributed by atoms with Gasteiger partial charge >= 0.3 is 0 Å². The molecule has 1 rings (SSSR count). The molecule has 0 bridgehead atoms. The second-order valence-electron chi connectivity index (χ2n) is 4.35. The normalized spacial score (nSPS) is 18.3. The number of carbonyl (C=O) groups excluding carboxylic acids is 1. The average molecular weight is 278 g/mol. The van der Waals surface area contributed by atoms with Crippen molar-refractivity contribution >= 4 is 16.1 Å². The van der Waals surface area contributed by atoms with E-state index in [9.17, 15) is 13.2 Å². The summed E-state index contributed by atoms with van der Waals surface area (Å²) in [6.45, 7) is 4.64. The first-order chi connectivity index (χ1) is 8.39. The SMILES string of the molecule is CCNCC(=O)N1CCN(S(=O)(=O)N(C)C)CC1. The fraction of sp³-hybridized carbons (Fsp3) is 0.900. The van der Waals surface area contributed by atoms with Crippen LogP contribution in [0.5, 0.6) is 0 Å². The molecule has 8 heteroatoms. The largest absolute Gasteiger partial charge is 0.339 e. The van der Waals surface area contributed by atoms with Crippen molar-refractivity contribution in [3.8, 4) is 0 Å². The number of hydrogen-bond acceptors (Lipinski definition) is 4. The Bertz CT molecular complexity index is 375. The molecule has 0 saturated carbocycles. The Morgan fingerprint density at radius 3 is 2.22 bits per heavy atom. The van der Waals surface area contributed by atoms with Gasteiger partial charge in [-0.05, 0) is 6.54 Å². The summed E-state index contributed by atoms with van der Waals surface area (Å²) < 4.78 is 26.3. The highest BCUT2D eigenvalue weighted by Gasteiger charge is 2.29. The number of piperazine rings is 1. The summed E-state index contributed by atoms with van der Waals surface area (Å²) in [7, 11) is -0.329. The highest BCUT2D eigenvalue weighted by molar-refractivity contribution is 7.86. The minimum absolute atomic E-state index is 0.0266. The number of nitrogens with zero attached hydrogens (tertiary/aromatic N) is 3. The summed E-state index contributed by atoms with van der Waals surface area (Å²) >= 11 is 0. The number of carbonyl (C=O) groups is 1. The Labute approximate surface area is 109 Å². The molecule has 0 unspecified atom stereocenters. The first-order valence-electron chi connectivity index (χ1n) is 6.05. The number of amides is 1. The second-order valence-corrected chi connectivity index (χ2v) is 6.49. The van der Waals surface area contributed by atoms with Crippen LogP contribution in [0.4, 0.5) is 0 Å². The topological polar surface area (TPSA) is 73.0 Å². The fourth-order valence-electron chi connectivity index (χ4n) is 1.74. The first kappa shape index (κ1) is 15.4. The van der Waals surface area contributed by atoms with Gasteiger partial charge < -0.3 is 10.2 Å². The maximum Gasteiger partial charge on any atom is 0.281 e. The van der Waals surface area contributed by atoms with Gasteiger partial charge in [0.05, 0.1) is 6.54 Å². The third kappa shape index (κ3) is 3.64. The van der Waals surface area contributed by atoms with Crippen LogP contribution in [0.25, 0.3) is 0 Å². The van der Waals surface area contributed by atoms with Gasteiger partial charge in [0.25, 0.3) is 10.2 Å². The predicted molar refractivity (Wildman–Crippen MR) is 69.3 cm³/mol. The van der Waals surface area contributed by atoms with Gasteiger partial charge in [0.15, 0.2) is 0 Å². The molecule has 1 amide bonds. The molecule has 1 heterocycles. The van der Waals surface area contributed by atoms with Gasteiger partial charge in [-0.15, -0.1) is 0 Å². The summed E-state index contributed by atoms with van der Waals surface area (Å²) in [5.41, 5.74) is 0. The monoisotopic (exact) mass is 278 g/mol. The summed E-state index contributed by atoms with van der Waals surface area (Å²) in [4.78, 5) is 13.4. The molecule has 0 aromatic heterocycles. The Kier molecular flexibility index (Phi) is 5.51. The molecule has 7 nitrogen and oxygen atoms in total. The average Bonchev–Trinajstić information content (AvgIpc) is 2.35. The van der Waals surface area contributed by atoms with Crippen LogP contribution in [0, 0.1) is 0 Å². The van der Waals surface area contributed by atoms with Gasteiger partial charge in [-0.1, -0.05) is 6.92 Å². The Hall–Kier alpha value is -0.700. The number of likely N-dealkylation sites (N-methyl/N-ethyl adjacent to an activating group) is 1. The van der Waals surface area contributed by atoms with Crippen molar-refractivity contribution < 1.29 is 13.2 Å². The number of nitrogens with one attached hydrogen (secondary N) is 1. The molecule has 0 aliphatic carbocycles. The molecule has 18 heavy (non-hydrogen) atoms. The molecule has 1 aliphatic heterocycles. The molecular weight excluding hydrogens is 256 g/mol. The standard InChI is InChI=1S/C10H22N4O3S/c1-4-11-9-10(15)13-5-7-14(8-6-13)18(16,17)12(2)3/h11H,4-9H2,1-3H3. The molecule has 1 aliphatic rings. The van der Waals surface area contributed by atoms with Gasteiger partial charge in [-0.2, -0.15) is 17.0 Å². The van der Waals surface area contributed by atoms with Gasteiger partial charge in [0, 0.05) is 40.3 Å². The van der Waals surface area contributed by atoms with Crippen molar-refractivity contribution in [3.63, 3.8) is 0 Å². The van der Waals surface area contributed by atoms with E-state index < -0.39 is 10.2 Å². The maximum atomic E-state index is 11.9. The maximum absolute atomic E-state index is 11.9. The van der Waals surface area contributed by atoms with Gasteiger partial charge in [0.2, 0.25) is 5.91 Å². The minimum atomic E-state index is -3.35. The van der Waals surface area contributed by atoms with Crippen molar-refractivity contribution in [1.29, 1.82) is 0 Å². The Morgan fingerprint density at radius 2 is 1.78 bits per heavy atom. The molecule has 0 aromatic rings. The van der Waals surface area contributed by atoms with Crippen LogP contribution in [-0.2, 0) is 15.0 Å². The summed E-state index contributed by atoms with van der Waals surface area (Å²) in [6, 6.07) is 0. The van der Waals surface area contributed by atoms with E-state index >= 15 is 0 Å². The second kappa shape index (κ2) is 6.46. The number of hydrogen-bond donors (Lipinski definition) is 1. The zero-order valence-corrected chi connectivity index (χ0v) is 12.0. The smallest absolute Gasteiger partial charge is 0.281 e. The van der Waals surface area contributed by atoms with E-state index in [1.807, 2.05) is 6.92 Å². The molecule has 1 N–H and O–H groups in total. The fourth-order valence-corrected chi connectivity index (χ4v) is 2.83. The lowest BCUT2D eigenvalue weighted by Crippen LogP contribution is -2.54. The van der Waals surface area contributed by atoms with Crippen molar-refractivity contribution in [2.24, 2.45) is 0 Å². The van der Waals surface area contributed by atoms with E-state index in [4.69, 9.17) is 0 Å². The lowest BCUT2D eigenvalue weighted by molar-refractivity contribution is -0.131. The lowest BCUT2D eigenvalue weighted by Gasteiger charge is -2.35. The van der Waals surface area contributed by atoms with Gasteiger partial charge in [-0.25, -0.2) is 0 Å². The lowest BCUT2D eigenvalue weighted by atomic mass is 10.3. The van der Waals surface area contributed by atoms with Crippen LogP contribution in [0.2, 0.25) is 0 Å². The quantitative estimate of drug-likeness (QED) is 0.667. The zero-order valence-electron chi connectivity index (χ0n) is 11.2. The van der Waals surface area contributed by atoms with Crippen molar-refractivity contribution in [2.75, 3.05) is 53.4 Å². The zero-order chi connectivity index (χ0) is 13.8. The molecular formula is C10H22N4O3S. The molecule has 1 fully saturated rings. The van der Waals surface area contributed by atoms with E-state index in [-0.39, 0.29) is 5.91 Å². The molecule has 1 saturated heterocycles. The molecule has 106 valence electrons. The number of rotatable bonds is 5. The molecule has 0 aromatic carbocycles. The highest BCUT2D eigenvalue weighted by atomic mass is 32.2. The van der Waals surface area contributed by atoms with E-state index in [2.05, 4.69) is 5.32 Å². The van der Waals surface area contributed by atoms with E-state index in [0.29, 0.717) is 32.7 Å². The van der Waals surface area contributed by atoms with E-state index in [1.54, 1.807) is 4.90 Å². The molecule has 0 atom stereocenters. The minimum Gasteiger partial charge on any atom is -0.339 e. The van der Waals surface area contributed by atoms with Crippen molar-refractivity contribution in [3.05, 3.63) is 0 Å². The van der Waals surface area contributed by atoms with Crippen molar-refractivity contribution in [1.82, 2.24) is 18.8 Å². The summed E-state index contributed by atoms with van der Waals surface area (Å²) in [6.07, 6.45) is 0. The van der Waals surface area contributed by atoms with Crippen LogP contribution in [0.15, 0.2) is 0 Å². The Balaban J connectivity index is 2.49. The summed E-state index contributed by atoms with van der Waals surface area (Å²) in [5, 5.41) is 2.97. The Morgan fingerprint density at radius 1 is 1.22 bits per heavy atom. The van der Waals surface area contributed by atoms with Gasteiger partial charge in [-0.3, -0.25) is 4.79 Å². The summed E-state index contributed by atoms with van der Waals surface area (Å²) in [5.74, 6) is 0.0266. The van der Waals surface area contributed by atoms with Crippen LogP contribution in [0.3, 0.4) is 0 Å². The molecule has 0 radical (unpaired) electrons. The third-order valence-corrected chi connectivity index (χ3v) is 4.85. The van der Waals surface area contributed by atoms with Crippen LogP contribution < -0.4 is 5.32 Å². The molecule has 0 spiro atoms. The van der Waals surface area contributed by atoms with E-state index in [0.717, 1.165) is 6.54 Å². The third-order valence-electron chi connectivity index (χ3n) is 2.91. The van der Waals surface area contributed by atoms with Crippen molar-refractivity contribution in [2.45, 2.75) is 6.92 Å². The van der Waals surface area contributed by atoms with Crippen LogP contribution >= 0.6 is 0 Å². The highest BCUT2D eigenvalue weighted by Crippen LogP contribution is 2.09. The van der Waals surface area contributed by atoms with Crippen LogP contribution in [0.1, 0.15) is 6.92 Å².